The first kappa shape index (κ1) is 15.8. The molecule has 3 N–H and O–H groups in total. The maximum atomic E-state index is 11.9. The third-order valence-electron chi connectivity index (χ3n) is 2.06. The third kappa shape index (κ3) is 4.67. The van der Waals surface area contributed by atoms with Gasteiger partial charge in [-0.05, 0) is 13.8 Å². The minimum absolute atomic E-state index is 0.357. The van der Waals surface area contributed by atoms with E-state index in [2.05, 4.69) is 0 Å². The second-order valence-corrected chi connectivity index (χ2v) is 5.73. The topological polar surface area (TPSA) is 121 Å². The summed E-state index contributed by atoms with van der Waals surface area (Å²) in [7, 11) is -2.70. The summed E-state index contributed by atoms with van der Waals surface area (Å²) in [5, 5.41) is 8.60. The highest BCUT2D eigenvalue weighted by Crippen LogP contribution is 2.09. The summed E-state index contributed by atoms with van der Waals surface area (Å²) in [6.45, 7) is 1.79. The minimum Gasteiger partial charge on any atom is -0.480 e. The van der Waals surface area contributed by atoms with Gasteiger partial charge in [0.05, 0.1) is 6.54 Å². The lowest BCUT2D eigenvalue weighted by molar-refractivity contribution is -0.137. The molecule has 0 aromatic rings. The molecule has 9 heteroatoms. The Morgan fingerprint density at radius 2 is 1.76 bits per heavy atom. The molecule has 0 saturated heterocycles. The number of nitrogens with two attached hydrogens (primary N) is 1. The molecule has 1 amide bonds. The van der Waals surface area contributed by atoms with E-state index in [1.807, 2.05) is 0 Å². The van der Waals surface area contributed by atoms with Gasteiger partial charge in [-0.25, -0.2) is 0 Å². The van der Waals surface area contributed by atoms with Crippen LogP contribution in [0.1, 0.15) is 13.8 Å². The van der Waals surface area contributed by atoms with Crippen molar-refractivity contribution in [3.05, 3.63) is 0 Å². The van der Waals surface area contributed by atoms with Crippen molar-refractivity contribution in [2.24, 2.45) is 5.73 Å². The molecule has 0 aromatic carbocycles. The van der Waals surface area contributed by atoms with Crippen molar-refractivity contribution in [3.63, 3.8) is 0 Å². The highest BCUT2D eigenvalue weighted by Gasteiger charge is 2.31. The summed E-state index contributed by atoms with van der Waals surface area (Å²) < 4.78 is 25.3. The predicted octanol–water partition coefficient (Wildman–Crippen LogP) is -1.56. The fraction of sp³-hybridized carbons (Fsp3) is 0.750. The molecule has 0 rings (SSSR count). The monoisotopic (exact) mass is 267 g/mol. The van der Waals surface area contributed by atoms with Gasteiger partial charge in [-0.3, -0.25) is 9.59 Å². The van der Waals surface area contributed by atoms with Crippen LogP contribution in [0.25, 0.3) is 0 Å². The first-order valence-corrected chi connectivity index (χ1v) is 6.22. The van der Waals surface area contributed by atoms with Crippen molar-refractivity contribution >= 4 is 22.1 Å². The third-order valence-corrected chi connectivity index (χ3v) is 4.12. The van der Waals surface area contributed by atoms with E-state index in [0.29, 0.717) is 4.31 Å². The van der Waals surface area contributed by atoms with Gasteiger partial charge >= 0.3 is 5.97 Å². The Morgan fingerprint density at radius 3 is 2.06 bits per heavy atom. The lowest BCUT2D eigenvalue weighted by Gasteiger charge is -2.27. The minimum atomic E-state index is -4.01. The van der Waals surface area contributed by atoms with Gasteiger partial charge in [0.25, 0.3) is 10.2 Å². The van der Waals surface area contributed by atoms with E-state index in [4.69, 9.17) is 10.8 Å². The van der Waals surface area contributed by atoms with E-state index < -0.39 is 35.2 Å². The standard InChI is InChI=1S/C8H17N3O5S/c1-6(2)10(3)17(15,16)11(4-7(9)12)5-8(13)14/h6H,4-5H2,1-3H3,(H2,9,12)(H,13,14). The molecule has 100 valence electrons. The van der Waals surface area contributed by atoms with E-state index in [1.54, 1.807) is 13.8 Å². The summed E-state index contributed by atoms with van der Waals surface area (Å²) in [4.78, 5) is 21.3. The number of aliphatic carboxylic acids is 1. The number of carbonyl (C=O) groups excluding carboxylic acids is 1. The van der Waals surface area contributed by atoms with Gasteiger partial charge in [0.2, 0.25) is 5.91 Å². The first-order valence-electron chi connectivity index (χ1n) is 4.82. The average Bonchev–Trinajstić information content (AvgIpc) is 2.13. The Hall–Kier alpha value is -1.19. The molecule has 17 heavy (non-hydrogen) atoms. The first-order chi connectivity index (χ1) is 7.59. The number of primary amides is 1. The molecule has 0 aliphatic rings. The van der Waals surface area contributed by atoms with Crippen LogP contribution >= 0.6 is 0 Å². The van der Waals surface area contributed by atoms with Crippen molar-refractivity contribution in [2.45, 2.75) is 19.9 Å². The van der Waals surface area contributed by atoms with Gasteiger partial charge in [0.15, 0.2) is 0 Å². The number of amides is 1. The maximum Gasteiger partial charge on any atom is 0.318 e. The van der Waals surface area contributed by atoms with E-state index >= 15 is 0 Å². The van der Waals surface area contributed by atoms with Crippen molar-refractivity contribution in [1.29, 1.82) is 0 Å². The Labute approximate surface area is 100 Å². The average molecular weight is 267 g/mol. The molecule has 0 aliphatic heterocycles. The van der Waals surface area contributed by atoms with Crippen molar-refractivity contribution in [3.8, 4) is 0 Å². The van der Waals surface area contributed by atoms with Crippen LogP contribution in [0.5, 0.6) is 0 Å². The van der Waals surface area contributed by atoms with Crippen LogP contribution in [-0.4, -0.2) is 60.2 Å². The lowest BCUT2D eigenvalue weighted by Crippen LogP contribution is -2.49. The van der Waals surface area contributed by atoms with Crippen LogP contribution in [0.4, 0.5) is 0 Å². The molecule has 0 unspecified atom stereocenters. The normalized spacial score (nSPS) is 12.4. The van der Waals surface area contributed by atoms with Crippen LogP contribution in [0.15, 0.2) is 0 Å². The van der Waals surface area contributed by atoms with Gasteiger partial charge in [0, 0.05) is 13.1 Å². The largest absolute Gasteiger partial charge is 0.480 e. The second-order valence-electron chi connectivity index (χ2n) is 3.75. The Kier molecular flexibility index (Phi) is 5.52. The summed E-state index contributed by atoms with van der Waals surface area (Å²) >= 11 is 0. The molecule has 0 aliphatic carbocycles. The van der Waals surface area contributed by atoms with E-state index in [-0.39, 0.29) is 6.04 Å². The van der Waals surface area contributed by atoms with Gasteiger partial charge < -0.3 is 10.8 Å². The number of nitrogens with zero attached hydrogens (tertiary/aromatic N) is 2. The predicted molar refractivity (Wildman–Crippen MR) is 60.2 cm³/mol. The zero-order valence-electron chi connectivity index (χ0n) is 9.95. The van der Waals surface area contributed by atoms with Crippen molar-refractivity contribution in [2.75, 3.05) is 20.1 Å². The van der Waals surface area contributed by atoms with Crippen LogP contribution < -0.4 is 5.73 Å². The molecule has 0 heterocycles. The smallest absolute Gasteiger partial charge is 0.318 e. The Balaban J connectivity index is 5.15. The molecule has 8 nitrogen and oxygen atoms in total. The fourth-order valence-electron chi connectivity index (χ4n) is 0.992. The number of hydrogen-bond donors (Lipinski definition) is 2. The molecular formula is C8H17N3O5S. The van der Waals surface area contributed by atoms with Gasteiger partial charge in [-0.15, -0.1) is 0 Å². The van der Waals surface area contributed by atoms with E-state index in [1.165, 1.54) is 7.05 Å². The van der Waals surface area contributed by atoms with Gasteiger partial charge in [-0.1, -0.05) is 0 Å². The quantitative estimate of drug-likeness (QED) is 0.578. The zero-order chi connectivity index (χ0) is 13.8. The summed E-state index contributed by atoms with van der Waals surface area (Å²) in [5.41, 5.74) is 4.89. The summed E-state index contributed by atoms with van der Waals surface area (Å²) in [6.07, 6.45) is 0. The SMILES string of the molecule is CC(C)N(C)S(=O)(=O)N(CC(N)=O)CC(=O)O. The molecule has 0 aromatic heterocycles. The van der Waals surface area contributed by atoms with Crippen LogP contribution in [-0.2, 0) is 19.8 Å². The molecule has 0 fully saturated rings. The Bertz CT molecular complexity index is 376. The van der Waals surface area contributed by atoms with Crippen molar-refractivity contribution in [1.82, 2.24) is 8.61 Å². The molecule has 0 bridgehead atoms. The molecule has 0 atom stereocenters. The van der Waals surface area contributed by atoms with E-state index in [0.717, 1.165) is 4.31 Å². The number of carboxylic acid groups (broad SMARTS) is 1. The van der Waals surface area contributed by atoms with Crippen LogP contribution in [0.3, 0.4) is 0 Å². The fourth-order valence-corrected chi connectivity index (χ4v) is 2.45. The van der Waals surface area contributed by atoms with Crippen LogP contribution in [0.2, 0.25) is 0 Å². The summed E-state index contributed by atoms with van der Waals surface area (Å²) in [5.74, 6) is -2.26. The van der Waals surface area contributed by atoms with Crippen LogP contribution in [0, 0.1) is 0 Å². The van der Waals surface area contributed by atoms with Crippen molar-refractivity contribution < 1.29 is 23.1 Å². The lowest BCUT2D eigenvalue weighted by atomic mass is 10.4. The number of carbonyl (C=O) groups is 2. The van der Waals surface area contributed by atoms with Gasteiger partial charge in [-0.2, -0.15) is 17.0 Å². The highest BCUT2D eigenvalue weighted by atomic mass is 32.2. The summed E-state index contributed by atoms with van der Waals surface area (Å²) in [6, 6.07) is -0.357. The van der Waals surface area contributed by atoms with Gasteiger partial charge in [0.1, 0.15) is 6.54 Å². The van der Waals surface area contributed by atoms with E-state index in [9.17, 15) is 18.0 Å². The maximum absolute atomic E-state index is 11.9. The molecule has 0 radical (unpaired) electrons. The Morgan fingerprint density at radius 1 is 1.29 bits per heavy atom. The second kappa shape index (κ2) is 5.94. The highest BCUT2D eigenvalue weighted by molar-refractivity contribution is 7.86. The molecule has 0 spiro atoms. The zero-order valence-corrected chi connectivity index (χ0v) is 10.8. The molecular weight excluding hydrogens is 250 g/mol. The number of hydrogen-bond acceptors (Lipinski definition) is 4. The molecule has 0 saturated carbocycles. The number of rotatable bonds is 7. The number of carboxylic acids is 1.